The van der Waals surface area contributed by atoms with Crippen LogP contribution in [0.25, 0.3) is 0 Å². The predicted octanol–water partition coefficient (Wildman–Crippen LogP) is 1.73. The van der Waals surface area contributed by atoms with Gasteiger partial charge in [-0.15, -0.1) is 11.3 Å². The molecule has 2 heterocycles. The molecule has 1 aromatic heterocycles. The highest BCUT2D eigenvalue weighted by Crippen LogP contribution is 2.22. The lowest BCUT2D eigenvalue weighted by Crippen LogP contribution is -2.50. The normalized spacial score (nSPS) is 15.1. The first-order chi connectivity index (χ1) is 14.2. The summed E-state index contributed by atoms with van der Waals surface area (Å²) in [4.78, 5) is 38.5. The Morgan fingerprint density at radius 1 is 1.03 bits per heavy atom. The Bertz CT molecular complexity index is 1070. The van der Waals surface area contributed by atoms with E-state index in [-0.39, 0.29) is 48.7 Å². The molecule has 1 aliphatic heterocycles. The molecule has 1 aliphatic rings. The van der Waals surface area contributed by atoms with Crippen molar-refractivity contribution in [3.8, 4) is 0 Å². The number of thiophene rings is 1. The predicted molar refractivity (Wildman–Crippen MR) is 113 cm³/mol. The number of carbonyl (C=O) groups excluding carboxylic acids is 3. The van der Waals surface area contributed by atoms with Gasteiger partial charge in [-0.25, -0.2) is 8.42 Å². The molecule has 10 heteroatoms. The quantitative estimate of drug-likeness (QED) is 0.677. The summed E-state index contributed by atoms with van der Waals surface area (Å²) in [5, 5.41) is 2.69. The van der Waals surface area contributed by atoms with E-state index in [0.717, 1.165) is 4.88 Å². The van der Waals surface area contributed by atoms with Crippen LogP contribution in [0.4, 0.5) is 0 Å². The summed E-state index contributed by atoms with van der Waals surface area (Å²) in [6, 6.07) is 9.52. The Labute approximate surface area is 179 Å². The zero-order chi connectivity index (χ0) is 21.9. The monoisotopic (exact) mass is 449 g/mol. The maximum atomic E-state index is 12.9. The molecule has 0 aliphatic carbocycles. The highest BCUT2D eigenvalue weighted by Gasteiger charge is 2.31. The van der Waals surface area contributed by atoms with Crippen molar-refractivity contribution in [2.75, 3.05) is 26.2 Å². The summed E-state index contributed by atoms with van der Waals surface area (Å²) in [7, 11) is -3.74. The molecule has 2 amide bonds. The molecule has 2 aromatic rings. The first-order valence-corrected chi connectivity index (χ1v) is 11.7. The van der Waals surface area contributed by atoms with Gasteiger partial charge in [-0.1, -0.05) is 12.1 Å². The van der Waals surface area contributed by atoms with Gasteiger partial charge in [0.05, 0.1) is 16.3 Å². The molecule has 1 aromatic carbocycles. The Morgan fingerprint density at radius 2 is 1.73 bits per heavy atom. The van der Waals surface area contributed by atoms with E-state index >= 15 is 0 Å². The van der Waals surface area contributed by atoms with Crippen molar-refractivity contribution in [3.05, 3.63) is 51.7 Å². The van der Waals surface area contributed by atoms with E-state index in [4.69, 9.17) is 0 Å². The van der Waals surface area contributed by atoms with Crippen molar-refractivity contribution in [1.29, 1.82) is 0 Å². The summed E-state index contributed by atoms with van der Waals surface area (Å²) < 4.78 is 27.2. The molecule has 0 saturated carbocycles. The fourth-order valence-corrected chi connectivity index (χ4v) is 5.50. The van der Waals surface area contributed by atoms with Crippen LogP contribution in [-0.2, 0) is 21.4 Å². The van der Waals surface area contributed by atoms with Crippen molar-refractivity contribution in [3.63, 3.8) is 0 Å². The van der Waals surface area contributed by atoms with E-state index in [1.807, 2.05) is 0 Å². The number of hydrogen-bond acceptors (Lipinski definition) is 6. The maximum absolute atomic E-state index is 12.9. The number of rotatable bonds is 6. The van der Waals surface area contributed by atoms with E-state index < -0.39 is 10.0 Å². The van der Waals surface area contributed by atoms with Crippen molar-refractivity contribution in [2.24, 2.45) is 0 Å². The highest BCUT2D eigenvalue weighted by atomic mass is 32.2. The van der Waals surface area contributed by atoms with Gasteiger partial charge in [0.25, 0.3) is 5.91 Å². The zero-order valence-corrected chi connectivity index (χ0v) is 18.4. The van der Waals surface area contributed by atoms with Crippen LogP contribution in [0.15, 0.2) is 41.3 Å². The van der Waals surface area contributed by atoms with Crippen molar-refractivity contribution in [1.82, 2.24) is 14.5 Å². The summed E-state index contributed by atoms with van der Waals surface area (Å²) in [5.41, 5.74) is 0.345. The third-order valence-electron chi connectivity index (χ3n) is 4.79. The highest BCUT2D eigenvalue weighted by molar-refractivity contribution is 7.89. The second-order valence-corrected chi connectivity index (χ2v) is 10.1. The fourth-order valence-electron chi connectivity index (χ4n) is 3.11. The molecular weight excluding hydrogens is 426 g/mol. The smallest absolute Gasteiger partial charge is 0.264 e. The molecule has 1 N–H and O–H groups in total. The number of carbonyl (C=O) groups is 3. The molecule has 30 heavy (non-hydrogen) atoms. The zero-order valence-electron chi connectivity index (χ0n) is 16.8. The van der Waals surface area contributed by atoms with Gasteiger partial charge >= 0.3 is 0 Å². The molecule has 1 fully saturated rings. The van der Waals surface area contributed by atoms with Crippen molar-refractivity contribution < 1.29 is 22.8 Å². The molecule has 160 valence electrons. The Kier molecular flexibility index (Phi) is 6.69. The van der Waals surface area contributed by atoms with Gasteiger partial charge in [-0.2, -0.15) is 4.31 Å². The van der Waals surface area contributed by atoms with Crippen LogP contribution in [0.2, 0.25) is 0 Å². The van der Waals surface area contributed by atoms with Gasteiger partial charge in [0.15, 0.2) is 5.78 Å². The molecule has 3 rings (SSSR count). The van der Waals surface area contributed by atoms with Crippen LogP contribution in [0.3, 0.4) is 0 Å². The van der Waals surface area contributed by atoms with Crippen LogP contribution < -0.4 is 5.32 Å². The van der Waals surface area contributed by atoms with Gasteiger partial charge in [-0.05, 0) is 31.2 Å². The number of hydrogen-bond donors (Lipinski definition) is 1. The second-order valence-electron chi connectivity index (χ2n) is 6.96. The standard InChI is InChI=1S/C20H23N3O5S2/c1-14(24)16-4-3-5-18(12-16)30(27,28)23-10-8-22(9-11-23)20(26)19-7-6-17(29-19)13-21-15(2)25/h3-7,12H,8-11,13H2,1-2H3,(H,21,25). The Balaban J connectivity index is 1.64. The molecule has 0 radical (unpaired) electrons. The average Bonchev–Trinajstić information content (AvgIpc) is 3.21. The topological polar surface area (TPSA) is 104 Å². The van der Waals surface area contributed by atoms with Gasteiger partial charge in [-0.3, -0.25) is 14.4 Å². The number of nitrogens with zero attached hydrogens (tertiary/aromatic N) is 2. The first kappa shape index (κ1) is 22.1. The summed E-state index contributed by atoms with van der Waals surface area (Å²) in [6.45, 7) is 4.13. The van der Waals surface area contributed by atoms with E-state index in [0.29, 0.717) is 17.0 Å². The minimum absolute atomic E-state index is 0.0795. The minimum atomic E-state index is -3.74. The van der Waals surface area contributed by atoms with Crippen molar-refractivity contribution in [2.45, 2.75) is 25.3 Å². The summed E-state index contributed by atoms with van der Waals surface area (Å²) >= 11 is 1.31. The van der Waals surface area contributed by atoms with Gasteiger partial charge in [0.1, 0.15) is 0 Å². The third kappa shape index (κ3) is 4.94. The number of Topliss-reactive ketones (excluding diaryl/α,β-unsaturated/α-hetero) is 1. The molecule has 0 spiro atoms. The number of amides is 2. The molecule has 0 unspecified atom stereocenters. The number of piperazine rings is 1. The van der Waals surface area contributed by atoms with Gasteiger partial charge in [0.2, 0.25) is 15.9 Å². The largest absolute Gasteiger partial charge is 0.351 e. The molecule has 1 saturated heterocycles. The molecule has 0 bridgehead atoms. The second kappa shape index (κ2) is 9.07. The molecular formula is C20H23N3O5S2. The minimum Gasteiger partial charge on any atom is -0.351 e. The van der Waals surface area contributed by atoms with Gasteiger partial charge < -0.3 is 10.2 Å². The first-order valence-electron chi connectivity index (χ1n) is 9.42. The molecule has 8 nitrogen and oxygen atoms in total. The number of ketones is 1. The summed E-state index contributed by atoms with van der Waals surface area (Å²) in [5.74, 6) is -0.483. The lowest BCUT2D eigenvalue weighted by Gasteiger charge is -2.33. The maximum Gasteiger partial charge on any atom is 0.264 e. The van der Waals surface area contributed by atoms with E-state index in [1.165, 1.54) is 41.6 Å². The third-order valence-corrected chi connectivity index (χ3v) is 7.76. The SMILES string of the molecule is CC(=O)NCc1ccc(C(=O)N2CCN(S(=O)(=O)c3cccc(C(C)=O)c3)CC2)s1. The van der Waals surface area contributed by atoms with Gasteiger partial charge in [0, 0.05) is 43.5 Å². The number of sulfonamides is 1. The van der Waals surface area contributed by atoms with E-state index in [2.05, 4.69) is 5.32 Å². The number of nitrogens with one attached hydrogen (secondary N) is 1. The van der Waals surface area contributed by atoms with Crippen LogP contribution in [-0.4, -0.2) is 61.4 Å². The van der Waals surface area contributed by atoms with Crippen molar-refractivity contribution >= 4 is 39.0 Å². The Morgan fingerprint density at radius 3 is 2.37 bits per heavy atom. The van der Waals surface area contributed by atoms with Crippen LogP contribution in [0.1, 0.15) is 38.8 Å². The molecule has 0 atom stereocenters. The van der Waals surface area contributed by atoms with Crippen LogP contribution >= 0.6 is 11.3 Å². The fraction of sp³-hybridized carbons (Fsp3) is 0.350. The number of benzene rings is 1. The lowest BCUT2D eigenvalue weighted by atomic mass is 10.2. The van der Waals surface area contributed by atoms with E-state index in [9.17, 15) is 22.8 Å². The lowest BCUT2D eigenvalue weighted by molar-refractivity contribution is -0.119. The average molecular weight is 450 g/mol. The van der Waals surface area contributed by atoms with E-state index in [1.54, 1.807) is 29.2 Å². The summed E-state index contributed by atoms with van der Waals surface area (Å²) in [6.07, 6.45) is 0. The van der Waals surface area contributed by atoms with Crippen LogP contribution in [0, 0.1) is 0 Å². The van der Waals surface area contributed by atoms with Crippen LogP contribution in [0.5, 0.6) is 0 Å². The Hall–Kier alpha value is -2.56.